The quantitative estimate of drug-likeness (QED) is 0.549. The lowest BCUT2D eigenvalue weighted by Gasteiger charge is -2.04. The second-order valence-corrected chi connectivity index (χ2v) is 2.19. The van der Waals surface area contributed by atoms with Crippen molar-refractivity contribution in [2.45, 2.75) is 19.5 Å². The van der Waals surface area contributed by atoms with E-state index in [0.717, 1.165) is 6.08 Å². The Hall–Kier alpha value is -0.470. The van der Waals surface area contributed by atoms with Gasteiger partial charge in [-0.25, -0.2) is 4.39 Å². The van der Waals surface area contributed by atoms with E-state index in [0.29, 0.717) is 6.08 Å². The van der Waals surface area contributed by atoms with Gasteiger partial charge in [-0.1, -0.05) is 0 Å². The predicted molar refractivity (Wildman–Crippen MR) is 29.8 cm³/mol. The van der Waals surface area contributed by atoms with Crippen molar-refractivity contribution >= 4 is 0 Å². The molecule has 0 aromatic heterocycles. The Balaban J connectivity index is 3.71. The van der Waals surface area contributed by atoms with Gasteiger partial charge in [-0.15, -0.1) is 0 Å². The van der Waals surface area contributed by atoms with Gasteiger partial charge < -0.3 is 0 Å². The molecule has 0 unspecified atom stereocenters. The zero-order valence-corrected chi connectivity index (χ0v) is 5.29. The SMILES string of the molecule is CC(C)(F)/C=C/[C](F)F. The second kappa shape index (κ2) is 2.90. The first kappa shape index (κ1) is 8.53. The van der Waals surface area contributed by atoms with Crippen molar-refractivity contribution < 1.29 is 13.2 Å². The van der Waals surface area contributed by atoms with Crippen LogP contribution in [0.1, 0.15) is 13.8 Å². The lowest BCUT2D eigenvalue weighted by molar-refractivity contribution is 0.280. The van der Waals surface area contributed by atoms with Crippen molar-refractivity contribution in [2.24, 2.45) is 0 Å². The summed E-state index contributed by atoms with van der Waals surface area (Å²) in [7, 11) is 0. The van der Waals surface area contributed by atoms with Gasteiger partial charge in [0.05, 0.1) is 0 Å². The van der Waals surface area contributed by atoms with Crippen LogP contribution in [-0.2, 0) is 0 Å². The van der Waals surface area contributed by atoms with Crippen molar-refractivity contribution in [1.82, 2.24) is 0 Å². The molecule has 0 saturated heterocycles. The van der Waals surface area contributed by atoms with Crippen LogP contribution in [0.3, 0.4) is 0 Å². The monoisotopic (exact) mass is 137 g/mol. The summed E-state index contributed by atoms with van der Waals surface area (Å²) in [6.07, 6.45) is -0.608. The van der Waals surface area contributed by atoms with Crippen LogP contribution in [0.25, 0.3) is 0 Å². The smallest absolute Gasteiger partial charge is 0.240 e. The van der Waals surface area contributed by atoms with E-state index in [9.17, 15) is 13.2 Å². The normalized spacial score (nSPS) is 13.6. The third-order valence-corrected chi connectivity index (χ3v) is 0.606. The zero-order valence-electron chi connectivity index (χ0n) is 5.29. The van der Waals surface area contributed by atoms with E-state index < -0.39 is 12.1 Å². The van der Waals surface area contributed by atoms with Gasteiger partial charge in [-0.05, 0) is 26.0 Å². The summed E-state index contributed by atoms with van der Waals surface area (Å²) in [5, 5.41) is 0. The summed E-state index contributed by atoms with van der Waals surface area (Å²) in [5.41, 5.74) is -1.65. The molecule has 0 nitrogen and oxygen atoms in total. The van der Waals surface area contributed by atoms with E-state index in [1.165, 1.54) is 13.8 Å². The second-order valence-electron chi connectivity index (χ2n) is 2.19. The molecule has 0 N–H and O–H groups in total. The fraction of sp³-hybridized carbons (Fsp3) is 0.500. The summed E-state index contributed by atoms with van der Waals surface area (Å²) >= 11 is 0. The van der Waals surface area contributed by atoms with Gasteiger partial charge in [-0.3, -0.25) is 0 Å². The van der Waals surface area contributed by atoms with Gasteiger partial charge in [0.15, 0.2) is 0 Å². The van der Waals surface area contributed by atoms with Gasteiger partial charge in [-0.2, -0.15) is 8.78 Å². The van der Waals surface area contributed by atoms with Crippen molar-refractivity contribution in [3.05, 3.63) is 18.6 Å². The molecule has 0 fully saturated rings. The molecule has 0 heterocycles. The van der Waals surface area contributed by atoms with Gasteiger partial charge in [0.1, 0.15) is 5.67 Å². The molecular formula is C6H8F3. The molecule has 53 valence electrons. The Morgan fingerprint density at radius 3 is 1.89 bits per heavy atom. The van der Waals surface area contributed by atoms with Crippen molar-refractivity contribution in [3.8, 4) is 0 Å². The van der Waals surface area contributed by atoms with Crippen LogP contribution < -0.4 is 0 Å². The number of hydrogen-bond donors (Lipinski definition) is 0. The average molecular weight is 137 g/mol. The Bertz CT molecular complexity index is 99.4. The number of allylic oxidation sites excluding steroid dienone is 2. The highest BCUT2D eigenvalue weighted by Gasteiger charge is 2.10. The van der Waals surface area contributed by atoms with Gasteiger partial charge in [0.25, 0.3) is 0 Å². The standard InChI is InChI=1S/C6H8F3/c1-6(2,9)4-3-5(7)8/h3-4H,1-2H3/b4-3+. The van der Waals surface area contributed by atoms with E-state index >= 15 is 0 Å². The molecule has 0 amide bonds. The third kappa shape index (κ3) is 7.53. The fourth-order valence-corrected chi connectivity index (χ4v) is 0.261. The number of hydrogen-bond acceptors (Lipinski definition) is 0. The third-order valence-electron chi connectivity index (χ3n) is 0.606. The molecule has 0 aliphatic rings. The maximum atomic E-state index is 12.3. The molecule has 0 aromatic rings. The molecule has 0 atom stereocenters. The average Bonchev–Trinajstić information content (AvgIpc) is 1.59. The largest absolute Gasteiger partial charge is 0.332 e. The minimum atomic E-state index is -1.87. The summed E-state index contributed by atoms with van der Waals surface area (Å²) in [5.74, 6) is 0. The van der Waals surface area contributed by atoms with Crippen molar-refractivity contribution in [3.63, 3.8) is 0 Å². The van der Waals surface area contributed by atoms with Crippen LogP contribution in [0.5, 0.6) is 0 Å². The van der Waals surface area contributed by atoms with Crippen molar-refractivity contribution in [2.75, 3.05) is 0 Å². The van der Waals surface area contributed by atoms with Crippen LogP contribution in [0.2, 0.25) is 0 Å². The van der Waals surface area contributed by atoms with E-state index in [-0.39, 0.29) is 0 Å². The molecule has 0 aliphatic carbocycles. The highest BCUT2D eigenvalue weighted by molar-refractivity contribution is 5.02. The molecule has 0 aromatic carbocycles. The van der Waals surface area contributed by atoms with E-state index in [2.05, 4.69) is 0 Å². The van der Waals surface area contributed by atoms with Crippen LogP contribution in [0.15, 0.2) is 12.2 Å². The van der Waals surface area contributed by atoms with E-state index in [1.54, 1.807) is 0 Å². The summed E-state index contributed by atoms with van der Waals surface area (Å²) in [4.78, 5) is 0. The first-order chi connectivity index (χ1) is 3.92. The molecule has 0 bridgehead atoms. The number of alkyl halides is 1. The molecule has 0 aliphatic heterocycles. The highest BCUT2D eigenvalue weighted by atomic mass is 19.3. The van der Waals surface area contributed by atoms with Gasteiger partial charge in [0.2, 0.25) is 0 Å². The fourth-order valence-electron chi connectivity index (χ4n) is 0.261. The van der Waals surface area contributed by atoms with Crippen LogP contribution >= 0.6 is 0 Å². The molecule has 0 rings (SSSR count). The predicted octanol–water partition coefficient (Wildman–Crippen LogP) is 2.72. The van der Waals surface area contributed by atoms with Gasteiger partial charge in [0, 0.05) is 0 Å². The Labute approximate surface area is 52.4 Å². The molecule has 0 spiro atoms. The summed E-state index contributed by atoms with van der Waals surface area (Å²) in [6, 6.07) is 0. The first-order valence-electron chi connectivity index (χ1n) is 2.48. The van der Waals surface area contributed by atoms with Gasteiger partial charge >= 0.3 is 6.43 Å². The molecular weight excluding hydrogens is 129 g/mol. The maximum Gasteiger partial charge on any atom is 0.332 e. The first-order valence-corrected chi connectivity index (χ1v) is 2.48. The lowest BCUT2D eigenvalue weighted by atomic mass is 10.1. The minimum absolute atomic E-state index is 0.458. The lowest BCUT2D eigenvalue weighted by Crippen LogP contribution is -2.05. The number of halogens is 3. The maximum absolute atomic E-state index is 12.3. The molecule has 9 heavy (non-hydrogen) atoms. The Kier molecular flexibility index (Phi) is 2.74. The topological polar surface area (TPSA) is 0 Å². The van der Waals surface area contributed by atoms with Crippen molar-refractivity contribution in [1.29, 1.82) is 0 Å². The Morgan fingerprint density at radius 2 is 1.78 bits per heavy atom. The summed E-state index contributed by atoms with van der Waals surface area (Å²) < 4.78 is 34.8. The Morgan fingerprint density at radius 1 is 1.33 bits per heavy atom. The minimum Gasteiger partial charge on any atom is -0.240 e. The van der Waals surface area contributed by atoms with E-state index in [1.807, 2.05) is 0 Å². The highest BCUT2D eigenvalue weighted by Crippen LogP contribution is 2.13. The number of rotatable bonds is 2. The van der Waals surface area contributed by atoms with Crippen LogP contribution in [0.4, 0.5) is 13.2 Å². The van der Waals surface area contributed by atoms with E-state index in [4.69, 9.17) is 0 Å². The summed E-state index contributed by atoms with van der Waals surface area (Å²) in [6.45, 7) is 2.40. The van der Waals surface area contributed by atoms with Crippen LogP contribution in [0, 0.1) is 6.43 Å². The zero-order chi connectivity index (χ0) is 7.49. The van der Waals surface area contributed by atoms with Crippen LogP contribution in [-0.4, -0.2) is 5.67 Å². The molecule has 1 radical (unpaired) electrons. The molecule has 0 saturated carbocycles. The molecule has 3 heteroatoms.